The Labute approximate surface area is 146 Å². The van der Waals surface area contributed by atoms with Crippen LogP contribution in [0.2, 0.25) is 0 Å². The van der Waals surface area contributed by atoms with Crippen molar-refractivity contribution in [1.82, 2.24) is 19.6 Å². The van der Waals surface area contributed by atoms with Gasteiger partial charge in [0, 0.05) is 38.4 Å². The van der Waals surface area contributed by atoms with E-state index in [1.165, 1.54) is 17.2 Å². The monoisotopic (exact) mass is 373 g/mol. The lowest BCUT2D eigenvalue weighted by molar-refractivity contribution is 0.0169. The number of rotatable bonds is 2. The Morgan fingerprint density at radius 2 is 1.72 bits per heavy atom. The van der Waals surface area contributed by atoms with E-state index in [0.717, 1.165) is 10.9 Å². The number of piperazine rings is 1. The average molecular weight is 373 g/mol. The predicted octanol–water partition coefficient (Wildman–Crippen LogP) is 0.775. The molecule has 2 amide bonds. The van der Waals surface area contributed by atoms with Gasteiger partial charge in [-0.05, 0) is 20.8 Å². The molecule has 1 aromatic heterocycles. The zero-order chi connectivity index (χ0) is 18.8. The molecule has 0 saturated carbocycles. The Hall–Kier alpha value is -2.30. The molecular weight excluding hydrogens is 350 g/mol. The van der Waals surface area contributed by atoms with E-state index in [9.17, 15) is 18.0 Å². The second-order valence-corrected chi connectivity index (χ2v) is 8.51. The second kappa shape index (κ2) is 6.90. The van der Waals surface area contributed by atoms with Crippen LogP contribution in [-0.2, 0) is 14.8 Å². The molecule has 2 rings (SSSR count). The maximum absolute atomic E-state index is 12.4. The fourth-order valence-electron chi connectivity index (χ4n) is 2.23. The minimum absolute atomic E-state index is 0.0724. The first-order valence-electron chi connectivity index (χ1n) is 7.75. The van der Waals surface area contributed by atoms with Crippen molar-refractivity contribution in [3.05, 3.63) is 12.3 Å². The van der Waals surface area contributed by atoms with E-state index in [4.69, 9.17) is 4.74 Å². The van der Waals surface area contributed by atoms with Gasteiger partial charge in [0.2, 0.25) is 10.0 Å². The highest BCUT2D eigenvalue weighted by Crippen LogP contribution is 2.13. The van der Waals surface area contributed by atoms with Gasteiger partial charge in [-0.2, -0.15) is 4.68 Å². The molecule has 0 aromatic carbocycles. The van der Waals surface area contributed by atoms with Crippen LogP contribution in [0.15, 0.2) is 12.3 Å². The fraction of sp³-hybridized carbons (Fsp3) is 0.643. The number of sulfonamides is 1. The summed E-state index contributed by atoms with van der Waals surface area (Å²) in [6.07, 6.45) is 1.98. The quantitative estimate of drug-likeness (QED) is 0.819. The standard InChI is InChI=1S/C14H23N5O5S/c1-14(2,3)24-13(21)18-9-7-17(8-10-18)12(20)19-6-5-11(15-19)16-25(4,22)23/h5-6H,7-10H2,1-4H3,(H,15,16). The highest BCUT2D eigenvalue weighted by Gasteiger charge is 2.28. The van der Waals surface area contributed by atoms with Gasteiger partial charge in [-0.25, -0.2) is 18.0 Å². The van der Waals surface area contributed by atoms with Crippen molar-refractivity contribution in [2.45, 2.75) is 26.4 Å². The number of carbonyl (C=O) groups is 2. The molecule has 0 bridgehead atoms. The minimum Gasteiger partial charge on any atom is -0.444 e. The smallest absolute Gasteiger partial charge is 0.410 e. The normalized spacial score (nSPS) is 15.8. The van der Waals surface area contributed by atoms with Crippen LogP contribution in [0.25, 0.3) is 0 Å². The summed E-state index contributed by atoms with van der Waals surface area (Å²) in [6.45, 7) is 6.78. The summed E-state index contributed by atoms with van der Waals surface area (Å²) in [6, 6.07) is 1.01. The zero-order valence-corrected chi connectivity index (χ0v) is 15.5. The molecular formula is C14H23N5O5S. The number of aromatic nitrogens is 2. The van der Waals surface area contributed by atoms with Gasteiger partial charge in [-0.3, -0.25) is 4.72 Å². The van der Waals surface area contributed by atoms with E-state index >= 15 is 0 Å². The summed E-state index contributed by atoms with van der Waals surface area (Å²) in [5.41, 5.74) is -0.567. The van der Waals surface area contributed by atoms with Crippen molar-refractivity contribution >= 4 is 28.0 Å². The molecule has 11 heteroatoms. The van der Waals surface area contributed by atoms with Crippen molar-refractivity contribution in [3.63, 3.8) is 0 Å². The number of amides is 2. The van der Waals surface area contributed by atoms with Gasteiger partial charge >= 0.3 is 12.1 Å². The Morgan fingerprint density at radius 3 is 2.24 bits per heavy atom. The maximum Gasteiger partial charge on any atom is 0.410 e. The highest BCUT2D eigenvalue weighted by molar-refractivity contribution is 7.92. The Kier molecular flexibility index (Phi) is 5.26. The SMILES string of the molecule is CC(C)(C)OC(=O)N1CCN(C(=O)n2ccc(NS(C)(=O)=O)n2)CC1. The lowest BCUT2D eigenvalue weighted by Gasteiger charge is -2.35. The topological polar surface area (TPSA) is 114 Å². The molecule has 2 heterocycles. The van der Waals surface area contributed by atoms with Crippen LogP contribution in [0.1, 0.15) is 20.8 Å². The van der Waals surface area contributed by atoms with E-state index in [-0.39, 0.29) is 11.8 Å². The van der Waals surface area contributed by atoms with Gasteiger partial charge in [0.15, 0.2) is 5.82 Å². The second-order valence-electron chi connectivity index (χ2n) is 6.76. The van der Waals surface area contributed by atoms with E-state index in [1.54, 1.807) is 25.7 Å². The molecule has 0 radical (unpaired) electrons. The number of nitrogens with zero attached hydrogens (tertiary/aromatic N) is 4. The Bertz CT molecular complexity index is 744. The molecule has 0 atom stereocenters. The largest absolute Gasteiger partial charge is 0.444 e. The van der Waals surface area contributed by atoms with Gasteiger partial charge in [0.05, 0.1) is 6.26 Å². The number of hydrogen-bond donors (Lipinski definition) is 1. The zero-order valence-electron chi connectivity index (χ0n) is 14.7. The van der Waals surface area contributed by atoms with Crippen LogP contribution in [0.4, 0.5) is 15.4 Å². The first kappa shape index (κ1) is 19.0. The van der Waals surface area contributed by atoms with Crippen molar-refractivity contribution in [2.24, 2.45) is 0 Å². The minimum atomic E-state index is -3.46. The molecule has 10 nitrogen and oxygen atoms in total. The lowest BCUT2D eigenvalue weighted by Crippen LogP contribution is -2.52. The van der Waals surface area contributed by atoms with Crippen molar-refractivity contribution in [1.29, 1.82) is 0 Å². The highest BCUT2D eigenvalue weighted by atomic mass is 32.2. The fourth-order valence-corrected chi connectivity index (χ4v) is 2.72. The summed E-state index contributed by atoms with van der Waals surface area (Å²) in [4.78, 5) is 27.5. The first-order chi connectivity index (χ1) is 11.4. The molecule has 1 fully saturated rings. The molecule has 0 spiro atoms. The van der Waals surface area contributed by atoms with Crippen LogP contribution in [-0.4, -0.2) is 78.2 Å². The third kappa shape index (κ3) is 5.62. The Balaban J connectivity index is 1.92. The third-order valence-corrected chi connectivity index (χ3v) is 3.86. The van der Waals surface area contributed by atoms with Crippen LogP contribution in [0.3, 0.4) is 0 Å². The third-order valence-electron chi connectivity index (χ3n) is 3.28. The number of carbonyl (C=O) groups excluding carboxylic acids is 2. The molecule has 1 aliphatic heterocycles. The number of hydrogen-bond acceptors (Lipinski definition) is 6. The predicted molar refractivity (Wildman–Crippen MR) is 90.9 cm³/mol. The first-order valence-corrected chi connectivity index (χ1v) is 9.64. The molecule has 1 aromatic rings. The summed E-state index contributed by atoms with van der Waals surface area (Å²) >= 11 is 0. The van der Waals surface area contributed by atoms with Gasteiger partial charge in [-0.15, -0.1) is 5.10 Å². The van der Waals surface area contributed by atoms with E-state index < -0.39 is 21.7 Å². The van der Waals surface area contributed by atoms with Gasteiger partial charge in [0.1, 0.15) is 5.60 Å². The van der Waals surface area contributed by atoms with E-state index in [0.29, 0.717) is 26.2 Å². The molecule has 25 heavy (non-hydrogen) atoms. The molecule has 0 aliphatic carbocycles. The van der Waals surface area contributed by atoms with Gasteiger partial charge < -0.3 is 14.5 Å². The van der Waals surface area contributed by atoms with E-state index in [2.05, 4.69) is 9.82 Å². The molecule has 1 aliphatic rings. The molecule has 1 N–H and O–H groups in total. The van der Waals surface area contributed by atoms with Crippen LogP contribution >= 0.6 is 0 Å². The summed E-state index contributed by atoms with van der Waals surface area (Å²) in [5, 5.41) is 3.90. The molecule has 0 unspecified atom stereocenters. The Morgan fingerprint density at radius 1 is 1.16 bits per heavy atom. The van der Waals surface area contributed by atoms with Crippen LogP contribution in [0.5, 0.6) is 0 Å². The van der Waals surface area contributed by atoms with Crippen LogP contribution in [0, 0.1) is 0 Å². The number of ether oxygens (including phenoxy) is 1. The van der Waals surface area contributed by atoms with Crippen LogP contribution < -0.4 is 4.72 Å². The van der Waals surface area contributed by atoms with E-state index in [1.807, 2.05) is 0 Å². The van der Waals surface area contributed by atoms with Gasteiger partial charge in [-0.1, -0.05) is 0 Å². The lowest BCUT2D eigenvalue weighted by atomic mass is 10.2. The summed E-state index contributed by atoms with van der Waals surface area (Å²) < 4.78 is 30.9. The molecule has 140 valence electrons. The van der Waals surface area contributed by atoms with Crippen molar-refractivity contribution in [3.8, 4) is 0 Å². The summed E-state index contributed by atoms with van der Waals surface area (Å²) in [5.74, 6) is 0.0724. The summed E-state index contributed by atoms with van der Waals surface area (Å²) in [7, 11) is -3.46. The maximum atomic E-state index is 12.4. The van der Waals surface area contributed by atoms with Crippen molar-refractivity contribution in [2.75, 3.05) is 37.2 Å². The average Bonchev–Trinajstić information content (AvgIpc) is 2.91. The number of anilines is 1. The number of nitrogens with one attached hydrogen (secondary N) is 1. The molecule has 1 saturated heterocycles. The van der Waals surface area contributed by atoms with Gasteiger partial charge in [0.25, 0.3) is 0 Å². The van der Waals surface area contributed by atoms with Crippen molar-refractivity contribution < 1.29 is 22.7 Å².